The second-order valence-electron chi connectivity index (χ2n) is 12.4. The molecule has 0 unspecified atom stereocenters. The number of halogens is 5. The third-order valence-corrected chi connectivity index (χ3v) is 9.55. The Morgan fingerprint density at radius 3 is 2.71 bits per heavy atom. The van der Waals surface area contributed by atoms with E-state index < -0.39 is 65.8 Å². The summed E-state index contributed by atoms with van der Waals surface area (Å²) in [7, 11) is 0. The van der Waals surface area contributed by atoms with Gasteiger partial charge in [-0.15, -0.1) is 5.10 Å². The molecule has 51 heavy (non-hydrogen) atoms. The fourth-order valence-electron chi connectivity index (χ4n) is 6.73. The number of nitrogens with zero attached hydrogens (tertiary/aromatic N) is 7. The van der Waals surface area contributed by atoms with Crippen molar-refractivity contribution in [1.29, 1.82) is 0 Å². The van der Waals surface area contributed by atoms with Gasteiger partial charge in [0.1, 0.15) is 18.5 Å². The standard InChI is InChI=1S/C32H29ClF4N8O6/c1-15-26(47)24(39-14-38-15)29(49)43-8-7-31(21(34)12-43)23-25(16(2)51-31)44(13-22(46)40-20-4-3-18(11-19(20)33)32(35,36)37)30-41-27(42-45(30)28(23)48)17-5-9-50-10-6-17/h3-5,11,14,16,21,47H,6-10,12-13H2,1-2H3,(H,40,46)/t16-,21-,31+/m1/s1. The van der Waals surface area contributed by atoms with Gasteiger partial charge >= 0.3 is 6.18 Å². The molecule has 6 heterocycles. The van der Waals surface area contributed by atoms with Crippen LogP contribution in [-0.2, 0) is 32.6 Å². The smallest absolute Gasteiger partial charge is 0.416 e. The number of anilines is 1. The Balaban J connectivity index is 1.28. The molecule has 0 bridgehead atoms. The normalized spacial score (nSPS) is 21.9. The van der Waals surface area contributed by atoms with Gasteiger partial charge in [-0.3, -0.25) is 14.4 Å². The first kappa shape index (κ1) is 34.5. The summed E-state index contributed by atoms with van der Waals surface area (Å²) in [6.07, 6.45) is -4.44. The van der Waals surface area contributed by atoms with E-state index in [4.69, 9.17) is 21.1 Å². The lowest BCUT2D eigenvalue weighted by Crippen LogP contribution is -2.55. The number of fused-ring (bicyclic) bond motifs is 3. The number of carbonyl (C=O) groups excluding carboxylic acids is 2. The average Bonchev–Trinajstić information content (AvgIpc) is 3.67. The number of likely N-dealkylation sites (tertiary alicyclic amines) is 1. The number of hydrogen-bond donors (Lipinski definition) is 2. The van der Waals surface area contributed by atoms with Crippen LogP contribution in [0, 0.1) is 6.92 Å². The summed E-state index contributed by atoms with van der Waals surface area (Å²) in [4.78, 5) is 54.6. The van der Waals surface area contributed by atoms with Crippen LogP contribution in [0.2, 0.25) is 5.02 Å². The van der Waals surface area contributed by atoms with E-state index in [0.717, 1.165) is 27.9 Å². The lowest BCUT2D eigenvalue weighted by atomic mass is 9.83. The summed E-state index contributed by atoms with van der Waals surface area (Å²) >= 11 is 6.09. The van der Waals surface area contributed by atoms with Gasteiger partial charge in [0, 0.05) is 13.0 Å². The minimum Gasteiger partial charge on any atom is -0.504 e. The Morgan fingerprint density at radius 2 is 2.02 bits per heavy atom. The number of nitrogens with one attached hydrogen (secondary N) is 1. The fraction of sp³-hybridized carbons (Fsp3) is 0.406. The molecule has 4 aromatic rings. The van der Waals surface area contributed by atoms with E-state index in [0.29, 0.717) is 31.3 Å². The van der Waals surface area contributed by atoms with Crippen LogP contribution in [0.15, 0.2) is 35.4 Å². The van der Waals surface area contributed by atoms with Gasteiger partial charge in [0.2, 0.25) is 11.7 Å². The highest BCUT2D eigenvalue weighted by atomic mass is 35.5. The van der Waals surface area contributed by atoms with E-state index in [9.17, 15) is 32.7 Å². The first-order chi connectivity index (χ1) is 24.2. The molecule has 1 saturated heterocycles. The minimum absolute atomic E-state index is 0.0556. The van der Waals surface area contributed by atoms with E-state index >= 15 is 4.39 Å². The second kappa shape index (κ2) is 12.7. The summed E-state index contributed by atoms with van der Waals surface area (Å²) < 4.78 is 70.2. The zero-order chi connectivity index (χ0) is 36.4. The van der Waals surface area contributed by atoms with Crippen LogP contribution in [0.1, 0.15) is 64.7 Å². The SMILES string of the molecule is Cc1ncnc(C(=O)N2CC[C@]3(O[C@H](C)c4c3c(=O)n3nc(C5=CCOCC5)nc3n4CC(=O)Nc3ccc(C(F)(F)F)cc3Cl)[C@H](F)C2)c1O. The van der Waals surface area contributed by atoms with Gasteiger partial charge < -0.3 is 29.4 Å². The highest BCUT2D eigenvalue weighted by Gasteiger charge is 2.56. The maximum absolute atomic E-state index is 16.6. The number of amides is 2. The molecule has 2 amide bonds. The highest BCUT2D eigenvalue weighted by Crippen LogP contribution is 2.49. The zero-order valence-electron chi connectivity index (χ0n) is 27.0. The Labute approximate surface area is 290 Å². The Bertz CT molecular complexity index is 2190. The van der Waals surface area contributed by atoms with Gasteiger partial charge in [-0.2, -0.15) is 22.7 Å². The van der Waals surface area contributed by atoms with Crippen molar-refractivity contribution in [3.05, 3.63) is 80.0 Å². The molecule has 1 fully saturated rings. The Morgan fingerprint density at radius 1 is 1.24 bits per heavy atom. The number of alkyl halides is 4. The van der Waals surface area contributed by atoms with Gasteiger partial charge in [-0.05, 0) is 44.0 Å². The van der Waals surface area contributed by atoms with E-state index in [1.807, 2.05) is 0 Å². The molecule has 19 heteroatoms. The zero-order valence-corrected chi connectivity index (χ0v) is 27.8. The van der Waals surface area contributed by atoms with Gasteiger partial charge in [-0.25, -0.2) is 14.4 Å². The van der Waals surface area contributed by atoms with Crippen molar-refractivity contribution in [2.24, 2.45) is 0 Å². The van der Waals surface area contributed by atoms with E-state index in [-0.39, 0.29) is 57.9 Å². The first-order valence-electron chi connectivity index (χ1n) is 15.8. The number of aromatic hydroxyl groups is 1. The van der Waals surface area contributed by atoms with Gasteiger partial charge in [0.25, 0.3) is 11.5 Å². The maximum Gasteiger partial charge on any atom is 0.416 e. The topological polar surface area (TPSA) is 166 Å². The summed E-state index contributed by atoms with van der Waals surface area (Å²) in [5.74, 6) is -1.78. The predicted molar refractivity (Wildman–Crippen MR) is 171 cm³/mol. The lowest BCUT2D eigenvalue weighted by Gasteiger charge is -2.41. The number of hydrogen-bond acceptors (Lipinski definition) is 10. The molecule has 3 aliphatic rings. The quantitative estimate of drug-likeness (QED) is 0.287. The highest BCUT2D eigenvalue weighted by molar-refractivity contribution is 6.33. The van der Waals surface area contributed by atoms with Crippen LogP contribution in [0.5, 0.6) is 5.75 Å². The third kappa shape index (κ3) is 5.89. The minimum atomic E-state index is -4.65. The van der Waals surface area contributed by atoms with Crippen LogP contribution in [0.25, 0.3) is 11.4 Å². The third-order valence-electron chi connectivity index (χ3n) is 9.24. The molecule has 3 aromatic heterocycles. The molecule has 1 spiro atoms. The van der Waals surface area contributed by atoms with Crippen LogP contribution in [-0.4, -0.2) is 83.4 Å². The molecular weight excluding hydrogens is 704 g/mol. The number of benzene rings is 1. The number of piperidine rings is 1. The Kier molecular flexibility index (Phi) is 8.58. The van der Waals surface area contributed by atoms with Crippen LogP contribution < -0.4 is 10.9 Å². The van der Waals surface area contributed by atoms with Crippen molar-refractivity contribution in [3.63, 3.8) is 0 Å². The van der Waals surface area contributed by atoms with Crippen LogP contribution in [0.4, 0.5) is 23.2 Å². The Hall–Kier alpha value is -4.94. The fourth-order valence-corrected chi connectivity index (χ4v) is 6.96. The number of rotatable bonds is 5. The molecule has 0 radical (unpaired) electrons. The van der Waals surface area contributed by atoms with Crippen LogP contribution in [0.3, 0.4) is 0 Å². The van der Waals surface area contributed by atoms with Crippen molar-refractivity contribution < 1.29 is 41.7 Å². The molecule has 0 saturated carbocycles. The molecule has 0 aliphatic carbocycles. The van der Waals surface area contributed by atoms with Crippen molar-refractivity contribution in [3.8, 4) is 5.75 Å². The van der Waals surface area contributed by atoms with E-state index in [2.05, 4.69) is 25.4 Å². The van der Waals surface area contributed by atoms with Crippen molar-refractivity contribution in [1.82, 2.24) is 34.0 Å². The summed E-state index contributed by atoms with van der Waals surface area (Å²) in [5.41, 5.74) is -3.10. The number of aromatic nitrogens is 6. The monoisotopic (exact) mass is 732 g/mol. The van der Waals surface area contributed by atoms with Crippen molar-refractivity contribution in [2.75, 3.05) is 31.6 Å². The van der Waals surface area contributed by atoms with Gasteiger partial charge in [-0.1, -0.05) is 17.7 Å². The van der Waals surface area contributed by atoms with Crippen LogP contribution >= 0.6 is 11.6 Å². The lowest BCUT2D eigenvalue weighted by molar-refractivity contribution is -0.143. The molecule has 2 N–H and O–H groups in total. The first-order valence-corrected chi connectivity index (χ1v) is 16.2. The maximum atomic E-state index is 16.6. The van der Waals surface area contributed by atoms with E-state index in [1.165, 1.54) is 11.5 Å². The predicted octanol–water partition coefficient (Wildman–Crippen LogP) is 3.98. The number of aryl methyl sites for hydroxylation is 1. The van der Waals surface area contributed by atoms with E-state index in [1.54, 1.807) is 13.0 Å². The second-order valence-corrected chi connectivity index (χ2v) is 12.8. The molecule has 7 rings (SSSR count). The molecule has 14 nitrogen and oxygen atoms in total. The average molecular weight is 733 g/mol. The van der Waals surface area contributed by atoms with Gasteiger partial charge in [0.05, 0.1) is 59.1 Å². The molecular formula is C32H29ClF4N8O6. The number of ether oxygens (including phenoxy) is 2. The molecule has 268 valence electrons. The number of carbonyl (C=O) groups is 2. The largest absolute Gasteiger partial charge is 0.504 e. The molecule has 3 atom stereocenters. The molecule has 3 aliphatic heterocycles. The van der Waals surface area contributed by atoms with Gasteiger partial charge in [0.15, 0.2) is 23.4 Å². The summed E-state index contributed by atoms with van der Waals surface area (Å²) in [6, 6.07) is 2.48. The summed E-state index contributed by atoms with van der Waals surface area (Å²) in [5, 5.41) is 17.0. The van der Waals surface area contributed by atoms with Crippen molar-refractivity contribution >= 4 is 40.5 Å². The summed E-state index contributed by atoms with van der Waals surface area (Å²) in [6.45, 7) is 2.59. The van der Waals surface area contributed by atoms with Crippen molar-refractivity contribution in [2.45, 2.75) is 57.3 Å². The molecule has 1 aromatic carbocycles.